The molecule has 0 bridgehead atoms. The zero-order chi connectivity index (χ0) is 14.7. The number of likely N-dealkylation sites (tertiary alicyclic amines) is 1. The fourth-order valence-electron chi connectivity index (χ4n) is 2.34. The molecule has 1 aliphatic heterocycles. The molecule has 1 amide bonds. The third-order valence-electron chi connectivity index (χ3n) is 3.25. The van der Waals surface area contributed by atoms with Gasteiger partial charge in [-0.3, -0.25) is 9.59 Å². The number of hydrogen-bond acceptors (Lipinski definition) is 4. The van der Waals surface area contributed by atoms with Crippen molar-refractivity contribution in [1.82, 2.24) is 15.1 Å². The predicted octanol–water partition coefficient (Wildman–Crippen LogP) is 2.25. The van der Waals surface area contributed by atoms with Crippen molar-refractivity contribution in [2.45, 2.75) is 31.7 Å². The number of aliphatic carboxylic acids is 1. The smallest absolute Gasteiger partial charge is 0.305 e. The third-order valence-corrected chi connectivity index (χ3v) is 3.71. The number of aromatic nitrogens is 2. The highest BCUT2D eigenvalue weighted by atomic mass is 35.5. The van der Waals surface area contributed by atoms with Crippen LogP contribution in [0.25, 0.3) is 0 Å². The lowest BCUT2D eigenvalue weighted by Gasteiger charge is -2.35. The third kappa shape index (κ3) is 3.37. The molecule has 6 nitrogen and oxygen atoms in total. The zero-order valence-corrected chi connectivity index (χ0v) is 12.1. The molecule has 20 heavy (non-hydrogen) atoms. The van der Waals surface area contributed by atoms with Gasteiger partial charge in [0.15, 0.2) is 10.3 Å². The van der Waals surface area contributed by atoms with Gasteiger partial charge in [0.2, 0.25) is 0 Å². The second kappa shape index (κ2) is 6.37. The van der Waals surface area contributed by atoms with Crippen molar-refractivity contribution in [3.05, 3.63) is 21.9 Å². The normalized spacial score (nSPS) is 18.9. The number of carboxylic acid groups (broad SMARTS) is 1. The van der Waals surface area contributed by atoms with Gasteiger partial charge in [-0.2, -0.15) is 0 Å². The first-order valence-electron chi connectivity index (χ1n) is 6.20. The lowest BCUT2D eigenvalue weighted by Crippen LogP contribution is -2.44. The summed E-state index contributed by atoms with van der Waals surface area (Å²) >= 11 is 11.6. The molecule has 1 aliphatic rings. The van der Waals surface area contributed by atoms with Gasteiger partial charge in [-0.25, -0.2) is 0 Å². The van der Waals surface area contributed by atoms with Crippen LogP contribution in [0.15, 0.2) is 6.07 Å². The molecule has 8 heteroatoms. The maximum Gasteiger partial charge on any atom is 0.305 e. The zero-order valence-electron chi connectivity index (χ0n) is 10.6. The van der Waals surface area contributed by atoms with Crippen LogP contribution in [0.4, 0.5) is 0 Å². The molecule has 2 heterocycles. The number of rotatable bonds is 3. The van der Waals surface area contributed by atoms with E-state index in [0.29, 0.717) is 13.0 Å². The highest BCUT2D eigenvalue weighted by Gasteiger charge is 2.30. The Balaban J connectivity index is 2.25. The minimum Gasteiger partial charge on any atom is -0.481 e. The van der Waals surface area contributed by atoms with Crippen molar-refractivity contribution in [2.24, 2.45) is 0 Å². The lowest BCUT2D eigenvalue weighted by atomic mass is 9.98. The topological polar surface area (TPSA) is 83.4 Å². The molecule has 0 saturated carbocycles. The lowest BCUT2D eigenvalue weighted by molar-refractivity contribution is -0.138. The Morgan fingerprint density at radius 2 is 2.10 bits per heavy atom. The summed E-state index contributed by atoms with van der Waals surface area (Å²) in [4.78, 5) is 24.9. The molecular weight excluding hydrogens is 305 g/mol. The first-order chi connectivity index (χ1) is 9.49. The van der Waals surface area contributed by atoms with E-state index < -0.39 is 5.97 Å². The molecule has 1 aromatic rings. The standard InChI is InChI=1S/C12H13Cl2N3O3/c13-9-6-8(11(14)16-15-9)12(20)17-4-2-1-3-7(17)5-10(18)19/h6-7H,1-5H2,(H,18,19). The Labute approximate surface area is 125 Å². The van der Waals surface area contributed by atoms with E-state index in [1.807, 2.05) is 0 Å². The summed E-state index contributed by atoms with van der Waals surface area (Å²) < 4.78 is 0. The number of carbonyl (C=O) groups is 2. The molecule has 1 unspecified atom stereocenters. The second-order valence-corrected chi connectivity index (χ2v) is 5.36. The number of carboxylic acids is 1. The van der Waals surface area contributed by atoms with Crippen molar-refractivity contribution in [2.75, 3.05) is 6.54 Å². The van der Waals surface area contributed by atoms with E-state index in [1.54, 1.807) is 0 Å². The average Bonchev–Trinajstić information content (AvgIpc) is 2.41. The summed E-state index contributed by atoms with van der Waals surface area (Å²) in [6, 6.07) is 1.03. The van der Waals surface area contributed by atoms with Gasteiger partial charge < -0.3 is 10.0 Å². The molecular formula is C12H13Cl2N3O3. The second-order valence-electron chi connectivity index (χ2n) is 4.62. The van der Waals surface area contributed by atoms with E-state index in [2.05, 4.69) is 10.2 Å². The summed E-state index contributed by atoms with van der Waals surface area (Å²) in [7, 11) is 0. The maximum atomic E-state index is 12.5. The van der Waals surface area contributed by atoms with E-state index in [9.17, 15) is 9.59 Å². The van der Waals surface area contributed by atoms with Crippen LogP contribution in [0.1, 0.15) is 36.0 Å². The van der Waals surface area contributed by atoms with Gasteiger partial charge in [-0.05, 0) is 25.3 Å². The number of nitrogens with zero attached hydrogens (tertiary/aromatic N) is 3. The Kier molecular flexibility index (Phi) is 4.77. The van der Waals surface area contributed by atoms with E-state index in [1.165, 1.54) is 11.0 Å². The fourth-order valence-corrected chi connectivity index (χ4v) is 2.66. The van der Waals surface area contributed by atoms with Gasteiger partial charge in [-0.1, -0.05) is 23.2 Å². The van der Waals surface area contributed by atoms with Crippen LogP contribution in [0.2, 0.25) is 10.3 Å². The summed E-state index contributed by atoms with van der Waals surface area (Å²) in [5.74, 6) is -1.27. The van der Waals surface area contributed by atoms with Crippen molar-refractivity contribution in [3.8, 4) is 0 Å². The number of piperidine rings is 1. The number of hydrogen-bond donors (Lipinski definition) is 1. The summed E-state index contributed by atoms with van der Waals surface area (Å²) in [5, 5.41) is 16.1. The molecule has 108 valence electrons. The van der Waals surface area contributed by atoms with Gasteiger partial charge in [0, 0.05) is 12.6 Å². The summed E-state index contributed by atoms with van der Waals surface area (Å²) in [5.41, 5.74) is 0.156. The Morgan fingerprint density at radius 1 is 1.35 bits per heavy atom. The monoisotopic (exact) mass is 317 g/mol. The minimum absolute atomic E-state index is 0.0287. The molecule has 0 aromatic carbocycles. The van der Waals surface area contributed by atoms with Gasteiger partial charge in [0.05, 0.1) is 12.0 Å². The quantitative estimate of drug-likeness (QED) is 0.924. The number of amides is 1. The van der Waals surface area contributed by atoms with Crippen molar-refractivity contribution >= 4 is 35.1 Å². The predicted molar refractivity (Wildman–Crippen MR) is 73.0 cm³/mol. The average molecular weight is 318 g/mol. The van der Waals surface area contributed by atoms with Gasteiger partial charge in [-0.15, -0.1) is 10.2 Å². The van der Waals surface area contributed by atoms with Crippen LogP contribution in [0.3, 0.4) is 0 Å². The molecule has 1 fully saturated rings. The van der Waals surface area contributed by atoms with E-state index >= 15 is 0 Å². The molecule has 1 atom stereocenters. The molecule has 1 saturated heterocycles. The molecule has 2 rings (SSSR count). The molecule has 0 aliphatic carbocycles. The Morgan fingerprint density at radius 3 is 2.80 bits per heavy atom. The van der Waals surface area contributed by atoms with Crippen LogP contribution >= 0.6 is 23.2 Å². The maximum absolute atomic E-state index is 12.5. The summed E-state index contributed by atoms with van der Waals surface area (Å²) in [6.07, 6.45) is 2.34. The van der Waals surface area contributed by atoms with E-state index in [-0.39, 0.29) is 34.2 Å². The SMILES string of the molecule is O=C(O)CC1CCCCN1C(=O)c1cc(Cl)nnc1Cl. The highest BCUT2D eigenvalue weighted by molar-refractivity contribution is 6.34. The molecule has 1 N–H and O–H groups in total. The first kappa shape index (κ1) is 15.0. The first-order valence-corrected chi connectivity index (χ1v) is 6.96. The van der Waals surface area contributed by atoms with Gasteiger partial charge in [0.1, 0.15) is 0 Å². The van der Waals surface area contributed by atoms with E-state index in [0.717, 1.165) is 12.8 Å². The van der Waals surface area contributed by atoms with Gasteiger partial charge >= 0.3 is 5.97 Å². The molecule has 0 spiro atoms. The van der Waals surface area contributed by atoms with Gasteiger partial charge in [0.25, 0.3) is 5.91 Å². The van der Waals surface area contributed by atoms with Crippen LogP contribution in [0, 0.1) is 0 Å². The Bertz CT molecular complexity index is 539. The van der Waals surface area contributed by atoms with E-state index in [4.69, 9.17) is 28.3 Å². The van der Waals surface area contributed by atoms with Crippen LogP contribution in [-0.4, -0.2) is 44.7 Å². The summed E-state index contributed by atoms with van der Waals surface area (Å²) in [6.45, 7) is 0.507. The number of carbonyl (C=O) groups excluding carboxylic acids is 1. The molecule has 1 aromatic heterocycles. The minimum atomic E-state index is -0.924. The fraction of sp³-hybridized carbons (Fsp3) is 0.500. The van der Waals surface area contributed by atoms with Crippen LogP contribution in [0.5, 0.6) is 0 Å². The highest BCUT2D eigenvalue weighted by Crippen LogP contribution is 2.24. The van der Waals surface area contributed by atoms with Crippen molar-refractivity contribution in [1.29, 1.82) is 0 Å². The largest absolute Gasteiger partial charge is 0.481 e. The van der Waals surface area contributed by atoms with Crippen LogP contribution < -0.4 is 0 Å². The van der Waals surface area contributed by atoms with Crippen molar-refractivity contribution < 1.29 is 14.7 Å². The Hall–Kier alpha value is -1.40. The number of halogens is 2. The van der Waals surface area contributed by atoms with Crippen molar-refractivity contribution in [3.63, 3.8) is 0 Å². The van der Waals surface area contributed by atoms with Crippen LogP contribution in [-0.2, 0) is 4.79 Å². The molecule has 0 radical (unpaired) electrons.